The number of aromatic amines is 1. The normalized spacial score (nSPS) is 20.6. The second kappa shape index (κ2) is 7.91. The van der Waals surface area contributed by atoms with E-state index in [4.69, 9.17) is 0 Å². The summed E-state index contributed by atoms with van der Waals surface area (Å²) in [5, 5.41) is 7.04. The summed E-state index contributed by atoms with van der Waals surface area (Å²) in [6.45, 7) is 0. The van der Waals surface area contributed by atoms with Crippen LogP contribution in [0.5, 0.6) is 0 Å². The van der Waals surface area contributed by atoms with E-state index < -0.39 is 12.1 Å². The Morgan fingerprint density at radius 1 is 1.06 bits per heavy atom. The molecule has 158 valence electrons. The summed E-state index contributed by atoms with van der Waals surface area (Å²) in [6, 6.07) is 15.8. The molecular weight excluding hydrogens is 392 g/mol. The van der Waals surface area contributed by atoms with E-state index in [0.29, 0.717) is 5.69 Å². The van der Waals surface area contributed by atoms with Crippen molar-refractivity contribution in [2.75, 3.05) is 4.90 Å². The van der Waals surface area contributed by atoms with Crippen molar-refractivity contribution in [2.24, 2.45) is 0 Å². The van der Waals surface area contributed by atoms with Crippen molar-refractivity contribution in [2.45, 2.75) is 44.2 Å². The van der Waals surface area contributed by atoms with Gasteiger partial charge in [-0.1, -0.05) is 36.4 Å². The van der Waals surface area contributed by atoms with Gasteiger partial charge in [0.15, 0.2) is 0 Å². The number of fused-ring (bicyclic) bond motifs is 3. The Morgan fingerprint density at radius 2 is 1.84 bits per heavy atom. The monoisotopic (exact) mass is 416 g/mol. The van der Waals surface area contributed by atoms with Crippen molar-refractivity contribution >= 4 is 34.4 Å². The number of imide groups is 1. The molecule has 5 rings (SSSR count). The number of carbonyl (C=O) groups is 3. The van der Waals surface area contributed by atoms with E-state index in [9.17, 15) is 14.4 Å². The predicted octanol–water partition coefficient (Wildman–Crippen LogP) is 3.57. The number of benzene rings is 2. The summed E-state index contributed by atoms with van der Waals surface area (Å²) in [5.41, 5.74) is 3.99. The molecule has 0 bridgehead atoms. The number of hydrogen-bond donors (Lipinski definition) is 3. The van der Waals surface area contributed by atoms with E-state index in [1.807, 2.05) is 18.2 Å². The molecule has 2 atom stereocenters. The fourth-order valence-electron chi connectivity index (χ4n) is 4.65. The van der Waals surface area contributed by atoms with Gasteiger partial charge < -0.3 is 15.6 Å². The first kappa shape index (κ1) is 19.4. The Bertz CT molecular complexity index is 1150. The van der Waals surface area contributed by atoms with Gasteiger partial charge in [-0.15, -0.1) is 0 Å². The summed E-state index contributed by atoms with van der Waals surface area (Å²) in [7, 11) is 0. The molecule has 1 saturated heterocycles. The van der Waals surface area contributed by atoms with Crippen molar-refractivity contribution in [3.8, 4) is 0 Å². The lowest BCUT2D eigenvalue weighted by Crippen LogP contribution is -2.34. The molecule has 7 heteroatoms. The van der Waals surface area contributed by atoms with E-state index in [1.54, 1.807) is 24.3 Å². The Morgan fingerprint density at radius 3 is 2.68 bits per heavy atom. The summed E-state index contributed by atoms with van der Waals surface area (Å²) in [5.74, 6) is -0.434. The molecule has 1 fully saturated rings. The van der Waals surface area contributed by atoms with Crippen LogP contribution in [-0.2, 0) is 16.0 Å². The second-order valence-electron chi connectivity index (χ2n) is 8.13. The van der Waals surface area contributed by atoms with E-state index >= 15 is 0 Å². The fourth-order valence-corrected chi connectivity index (χ4v) is 4.65. The number of nitrogens with one attached hydrogen (secondary N) is 3. The Balaban J connectivity index is 1.23. The highest BCUT2D eigenvalue weighted by Gasteiger charge is 2.39. The molecular formula is C24H24N4O3. The van der Waals surface area contributed by atoms with Crippen LogP contribution < -0.4 is 15.5 Å². The van der Waals surface area contributed by atoms with Crippen LogP contribution in [0, 0.1) is 0 Å². The summed E-state index contributed by atoms with van der Waals surface area (Å²) < 4.78 is 0. The zero-order chi connectivity index (χ0) is 21.4. The van der Waals surface area contributed by atoms with Crippen molar-refractivity contribution in [1.82, 2.24) is 15.6 Å². The zero-order valence-corrected chi connectivity index (χ0v) is 17.1. The highest BCUT2D eigenvalue weighted by Crippen LogP contribution is 2.34. The van der Waals surface area contributed by atoms with Crippen LogP contribution in [-0.4, -0.2) is 28.9 Å². The van der Waals surface area contributed by atoms with Gasteiger partial charge in [-0.3, -0.25) is 9.59 Å². The Kier molecular flexibility index (Phi) is 4.94. The Hall–Kier alpha value is -3.61. The largest absolute Gasteiger partial charge is 0.356 e. The molecule has 0 radical (unpaired) electrons. The maximum atomic E-state index is 12.7. The van der Waals surface area contributed by atoms with E-state index in [1.165, 1.54) is 10.9 Å². The molecule has 2 heterocycles. The molecule has 1 aliphatic heterocycles. The fraction of sp³-hybridized carbons (Fsp3) is 0.292. The van der Waals surface area contributed by atoms with Crippen molar-refractivity contribution in [1.29, 1.82) is 0 Å². The number of para-hydroxylation sites is 2. The number of carbonyl (C=O) groups excluding carboxylic acids is 3. The van der Waals surface area contributed by atoms with Gasteiger partial charge in [-0.05, 0) is 49.4 Å². The molecule has 7 nitrogen and oxygen atoms in total. The number of amides is 4. The molecule has 0 unspecified atom stereocenters. The van der Waals surface area contributed by atoms with Crippen molar-refractivity contribution < 1.29 is 14.4 Å². The number of aromatic nitrogens is 1. The average molecular weight is 416 g/mol. The number of nitrogens with zero attached hydrogens (tertiary/aromatic N) is 1. The highest BCUT2D eigenvalue weighted by atomic mass is 16.2. The number of urea groups is 1. The molecule has 4 amide bonds. The Labute approximate surface area is 179 Å². The average Bonchev–Trinajstić information content (AvgIpc) is 3.30. The van der Waals surface area contributed by atoms with Crippen molar-refractivity contribution in [3.05, 3.63) is 65.9 Å². The predicted molar refractivity (Wildman–Crippen MR) is 118 cm³/mol. The quantitative estimate of drug-likeness (QED) is 0.555. The number of aryl methyl sites for hydroxylation is 1. The van der Waals surface area contributed by atoms with Crippen molar-refractivity contribution in [3.63, 3.8) is 0 Å². The first-order chi connectivity index (χ1) is 15.1. The van der Waals surface area contributed by atoms with Gasteiger partial charge >= 0.3 is 6.03 Å². The SMILES string of the molecule is O=C(CC[C@H]1NC(=O)N(c2ccccc2)C1=O)N[C@@H]1CCCc2c1[nH]c1ccccc21. The van der Waals surface area contributed by atoms with Gasteiger partial charge in [0.05, 0.1) is 11.7 Å². The minimum atomic E-state index is -0.687. The standard InChI is InChI=1S/C24H24N4O3/c29-21(14-13-20-23(30)28(24(31)27-20)15-7-2-1-3-8-15)25-19-12-6-10-17-16-9-4-5-11-18(16)26-22(17)19/h1-5,7-9,11,19-20,26H,6,10,12-14H2,(H,25,29)(H,27,31)/t19-,20-/m1/s1. The lowest BCUT2D eigenvalue weighted by Gasteiger charge is -2.24. The van der Waals surface area contributed by atoms with Crippen LogP contribution in [0.2, 0.25) is 0 Å². The molecule has 1 aliphatic carbocycles. The lowest BCUT2D eigenvalue weighted by molar-refractivity contribution is -0.122. The van der Waals surface area contributed by atoms with Gasteiger partial charge in [0, 0.05) is 23.0 Å². The molecule has 1 aromatic heterocycles. The molecule has 0 spiro atoms. The molecule has 2 aromatic carbocycles. The van der Waals surface area contributed by atoms with Crippen LogP contribution in [0.25, 0.3) is 10.9 Å². The first-order valence-corrected chi connectivity index (χ1v) is 10.7. The van der Waals surface area contributed by atoms with Crippen LogP contribution in [0.1, 0.15) is 43.0 Å². The number of rotatable bonds is 5. The third kappa shape index (κ3) is 3.56. The second-order valence-corrected chi connectivity index (χ2v) is 8.13. The summed E-state index contributed by atoms with van der Waals surface area (Å²) >= 11 is 0. The molecule has 0 saturated carbocycles. The topological polar surface area (TPSA) is 94.3 Å². The van der Waals surface area contributed by atoms with Gasteiger partial charge in [-0.25, -0.2) is 9.69 Å². The van der Waals surface area contributed by atoms with E-state index in [2.05, 4.69) is 27.8 Å². The summed E-state index contributed by atoms with van der Waals surface area (Å²) in [6.07, 6.45) is 3.34. The van der Waals surface area contributed by atoms with E-state index in [0.717, 1.165) is 35.4 Å². The minimum absolute atomic E-state index is 0.0571. The maximum absolute atomic E-state index is 12.7. The minimum Gasteiger partial charge on any atom is -0.356 e. The number of hydrogen-bond acceptors (Lipinski definition) is 3. The summed E-state index contributed by atoms with van der Waals surface area (Å²) in [4.78, 5) is 42.2. The third-order valence-electron chi connectivity index (χ3n) is 6.14. The molecule has 3 N–H and O–H groups in total. The third-order valence-corrected chi connectivity index (χ3v) is 6.14. The van der Waals surface area contributed by atoms with Gasteiger partial charge in [0.1, 0.15) is 6.04 Å². The molecule has 3 aromatic rings. The van der Waals surface area contributed by atoms with Gasteiger partial charge in [0.2, 0.25) is 5.91 Å². The van der Waals surface area contributed by atoms with Gasteiger partial charge in [0.25, 0.3) is 5.91 Å². The van der Waals surface area contributed by atoms with Crippen LogP contribution >= 0.6 is 0 Å². The number of H-pyrrole nitrogens is 1. The highest BCUT2D eigenvalue weighted by molar-refractivity contribution is 6.21. The smallest absolute Gasteiger partial charge is 0.329 e. The van der Waals surface area contributed by atoms with Crippen LogP contribution in [0.3, 0.4) is 0 Å². The maximum Gasteiger partial charge on any atom is 0.329 e. The van der Waals surface area contributed by atoms with Gasteiger partial charge in [-0.2, -0.15) is 0 Å². The first-order valence-electron chi connectivity index (χ1n) is 10.7. The van der Waals surface area contributed by atoms with E-state index in [-0.39, 0.29) is 30.7 Å². The molecule has 31 heavy (non-hydrogen) atoms. The molecule has 2 aliphatic rings. The number of anilines is 1. The van der Waals surface area contributed by atoms with Crippen LogP contribution in [0.4, 0.5) is 10.5 Å². The van der Waals surface area contributed by atoms with Crippen LogP contribution in [0.15, 0.2) is 54.6 Å². The lowest BCUT2D eigenvalue weighted by atomic mass is 9.91. The zero-order valence-electron chi connectivity index (χ0n) is 17.1.